The van der Waals surface area contributed by atoms with Crippen LogP contribution in [0.1, 0.15) is 39.5 Å². The highest BCUT2D eigenvalue weighted by molar-refractivity contribution is 7.99. The molecule has 0 aromatic rings. The first-order chi connectivity index (χ1) is 8.20. The summed E-state index contributed by atoms with van der Waals surface area (Å²) in [7, 11) is 0. The van der Waals surface area contributed by atoms with E-state index in [1.165, 1.54) is 42.8 Å². The van der Waals surface area contributed by atoms with Gasteiger partial charge in [-0.2, -0.15) is 11.8 Å². The minimum absolute atomic E-state index is 0.214. The van der Waals surface area contributed by atoms with Crippen LogP contribution in [0.15, 0.2) is 11.6 Å². The monoisotopic (exact) mass is 255 g/mol. The Labute approximate surface area is 110 Å². The van der Waals surface area contributed by atoms with Gasteiger partial charge in [0.2, 0.25) is 0 Å². The molecule has 2 nitrogen and oxygen atoms in total. The van der Waals surface area contributed by atoms with Gasteiger partial charge in [-0.3, -0.25) is 0 Å². The second-order valence-corrected chi connectivity index (χ2v) is 6.75. The van der Waals surface area contributed by atoms with Gasteiger partial charge in [0.15, 0.2) is 0 Å². The molecule has 2 rings (SSSR count). The van der Waals surface area contributed by atoms with Gasteiger partial charge in [-0.25, -0.2) is 0 Å². The van der Waals surface area contributed by atoms with Crippen LogP contribution in [-0.2, 0) is 4.74 Å². The zero-order valence-corrected chi connectivity index (χ0v) is 11.9. The molecule has 0 aromatic carbocycles. The molecule has 1 atom stereocenters. The highest BCUT2D eigenvalue weighted by Gasteiger charge is 2.38. The number of hydrogen-bond acceptors (Lipinski definition) is 3. The summed E-state index contributed by atoms with van der Waals surface area (Å²) in [4.78, 5) is 0. The Bertz CT molecular complexity index is 262. The van der Waals surface area contributed by atoms with Gasteiger partial charge in [0.05, 0.1) is 5.60 Å². The van der Waals surface area contributed by atoms with E-state index in [4.69, 9.17) is 4.74 Å². The predicted octanol–water partition coefficient (Wildman–Crippen LogP) is 2.99. The Hall–Kier alpha value is 0.0100. The first kappa shape index (κ1) is 13.4. The molecule has 2 fully saturated rings. The first-order valence-electron chi connectivity index (χ1n) is 6.79. The lowest BCUT2D eigenvalue weighted by atomic mass is 9.85. The van der Waals surface area contributed by atoms with E-state index in [1.807, 2.05) is 0 Å². The summed E-state index contributed by atoms with van der Waals surface area (Å²) in [5.74, 6) is 2.56. The number of rotatable bonds is 3. The third kappa shape index (κ3) is 4.01. The number of allylic oxidation sites excluding steroid dienone is 1. The van der Waals surface area contributed by atoms with Gasteiger partial charge >= 0.3 is 0 Å². The van der Waals surface area contributed by atoms with Crippen LogP contribution in [0.3, 0.4) is 0 Å². The SMILES string of the molecule is CC(C)=CCNC1CCOC2(CCSCC2)C1. The summed E-state index contributed by atoms with van der Waals surface area (Å²) < 4.78 is 6.10. The lowest BCUT2D eigenvalue weighted by Gasteiger charge is -2.43. The number of nitrogens with one attached hydrogen (secondary N) is 1. The molecule has 3 heteroatoms. The molecule has 2 heterocycles. The molecule has 2 aliphatic heterocycles. The molecule has 2 saturated heterocycles. The highest BCUT2D eigenvalue weighted by atomic mass is 32.2. The Kier molecular flexibility index (Phi) is 4.95. The third-order valence-electron chi connectivity index (χ3n) is 3.81. The van der Waals surface area contributed by atoms with E-state index in [-0.39, 0.29) is 5.60 Å². The van der Waals surface area contributed by atoms with Crippen LogP contribution >= 0.6 is 11.8 Å². The molecule has 2 aliphatic rings. The number of hydrogen-bond donors (Lipinski definition) is 1. The Morgan fingerprint density at radius 1 is 1.41 bits per heavy atom. The van der Waals surface area contributed by atoms with E-state index in [9.17, 15) is 0 Å². The van der Waals surface area contributed by atoms with Crippen molar-refractivity contribution in [2.24, 2.45) is 0 Å². The van der Waals surface area contributed by atoms with E-state index < -0.39 is 0 Å². The quantitative estimate of drug-likeness (QED) is 0.783. The van der Waals surface area contributed by atoms with Crippen LogP contribution in [0, 0.1) is 0 Å². The highest BCUT2D eigenvalue weighted by Crippen LogP contribution is 2.37. The fourth-order valence-corrected chi connectivity index (χ4v) is 3.96. The number of thioether (sulfide) groups is 1. The third-order valence-corrected chi connectivity index (χ3v) is 4.80. The minimum Gasteiger partial charge on any atom is -0.375 e. The van der Waals surface area contributed by atoms with Crippen molar-refractivity contribution in [2.75, 3.05) is 24.7 Å². The zero-order chi connectivity index (χ0) is 12.1. The molecule has 0 bridgehead atoms. The molecule has 1 unspecified atom stereocenters. The first-order valence-corrected chi connectivity index (χ1v) is 7.94. The summed E-state index contributed by atoms with van der Waals surface area (Å²) >= 11 is 2.08. The van der Waals surface area contributed by atoms with Crippen LogP contribution in [-0.4, -0.2) is 36.3 Å². The lowest BCUT2D eigenvalue weighted by molar-refractivity contribution is -0.0927. The molecule has 17 heavy (non-hydrogen) atoms. The van der Waals surface area contributed by atoms with Crippen molar-refractivity contribution >= 4 is 11.8 Å². The summed E-state index contributed by atoms with van der Waals surface area (Å²) in [6.45, 7) is 6.27. The van der Waals surface area contributed by atoms with Crippen molar-refractivity contribution in [3.8, 4) is 0 Å². The van der Waals surface area contributed by atoms with Crippen molar-refractivity contribution in [1.29, 1.82) is 0 Å². The van der Waals surface area contributed by atoms with Crippen molar-refractivity contribution in [3.63, 3.8) is 0 Å². The van der Waals surface area contributed by atoms with Crippen molar-refractivity contribution < 1.29 is 4.74 Å². The van der Waals surface area contributed by atoms with Crippen LogP contribution in [0.2, 0.25) is 0 Å². The van der Waals surface area contributed by atoms with Crippen LogP contribution < -0.4 is 5.32 Å². The van der Waals surface area contributed by atoms with Gasteiger partial charge in [-0.15, -0.1) is 0 Å². The molecule has 1 spiro atoms. The second kappa shape index (κ2) is 6.26. The maximum absolute atomic E-state index is 6.10. The van der Waals surface area contributed by atoms with Crippen LogP contribution in [0.4, 0.5) is 0 Å². The minimum atomic E-state index is 0.214. The van der Waals surface area contributed by atoms with Gasteiger partial charge in [0.25, 0.3) is 0 Å². The molecule has 98 valence electrons. The Balaban J connectivity index is 1.82. The molecule has 1 N–H and O–H groups in total. The van der Waals surface area contributed by atoms with E-state index >= 15 is 0 Å². The van der Waals surface area contributed by atoms with Crippen LogP contribution in [0.25, 0.3) is 0 Å². The molecule has 0 amide bonds. The van der Waals surface area contributed by atoms with Gasteiger partial charge in [0, 0.05) is 19.2 Å². The average Bonchev–Trinajstić information content (AvgIpc) is 2.29. The van der Waals surface area contributed by atoms with Gasteiger partial charge in [-0.05, 0) is 51.0 Å². The van der Waals surface area contributed by atoms with E-state index in [0.29, 0.717) is 6.04 Å². The lowest BCUT2D eigenvalue weighted by Crippen LogP contribution is -2.48. The molecule has 0 aromatic heterocycles. The van der Waals surface area contributed by atoms with E-state index in [2.05, 4.69) is 37.0 Å². The van der Waals surface area contributed by atoms with Gasteiger partial charge < -0.3 is 10.1 Å². The van der Waals surface area contributed by atoms with Crippen LogP contribution in [0.5, 0.6) is 0 Å². The summed E-state index contributed by atoms with van der Waals surface area (Å²) in [5, 5.41) is 3.66. The molecular weight excluding hydrogens is 230 g/mol. The molecule has 0 radical (unpaired) electrons. The largest absolute Gasteiger partial charge is 0.375 e. The average molecular weight is 255 g/mol. The smallest absolute Gasteiger partial charge is 0.0713 e. The fourth-order valence-electron chi connectivity index (χ4n) is 2.72. The maximum Gasteiger partial charge on any atom is 0.0713 e. The van der Waals surface area contributed by atoms with E-state index in [1.54, 1.807) is 0 Å². The molecular formula is C14H25NOS. The normalized spacial score (nSPS) is 28.0. The van der Waals surface area contributed by atoms with Crippen molar-refractivity contribution in [2.45, 2.75) is 51.2 Å². The van der Waals surface area contributed by atoms with Crippen molar-refractivity contribution in [3.05, 3.63) is 11.6 Å². The second-order valence-electron chi connectivity index (χ2n) is 5.52. The summed E-state index contributed by atoms with van der Waals surface area (Å²) in [5.41, 5.74) is 1.61. The predicted molar refractivity (Wildman–Crippen MR) is 75.7 cm³/mol. The summed E-state index contributed by atoms with van der Waals surface area (Å²) in [6, 6.07) is 0.655. The van der Waals surface area contributed by atoms with Crippen molar-refractivity contribution in [1.82, 2.24) is 5.32 Å². The number of ether oxygens (including phenoxy) is 1. The Morgan fingerprint density at radius 3 is 2.88 bits per heavy atom. The standard InChI is InChI=1S/C14H25NOS/c1-12(2)3-7-15-13-4-8-16-14(11-13)5-9-17-10-6-14/h3,13,15H,4-11H2,1-2H3. The zero-order valence-electron chi connectivity index (χ0n) is 11.1. The van der Waals surface area contributed by atoms with Gasteiger partial charge in [0.1, 0.15) is 0 Å². The fraction of sp³-hybridized carbons (Fsp3) is 0.857. The topological polar surface area (TPSA) is 21.3 Å². The van der Waals surface area contributed by atoms with E-state index in [0.717, 1.165) is 13.2 Å². The Morgan fingerprint density at radius 2 is 2.18 bits per heavy atom. The summed E-state index contributed by atoms with van der Waals surface area (Å²) in [6.07, 6.45) is 7.16. The maximum atomic E-state index is 6.10. The molecule has 0 aliphatic carbocycles. The molecule has 0 saturated carbocycles. The van der Waals surface area contributed by atoms with Gasteiger partial charge in [-0.1, -0.05) is 11.6 Å².